The van der Waals surface area contributed by atoms with E-state index in [1.807, 2.05) is 38.1 Å². The van der Waals surface area contributed by atoms with Crippen molar-refractivity contribution in [1.29, 1.82) is 0 Å². The van der Waals surface area contributed by atoms with Gasteiger partial charge in [-0.3, -0.25) is 4.79 Å². The molecule has 1 amide bonds. The van der Waals surface area contributed by atoms with Crippen LogP contribution in [0.2, 0.25) is 0 Å². The van der Waals surface area contributed by atoms with Crippen LogP contribution in [0.3, 0.4) is 0 Å². The first kappa shape index (κ1) is 15.5. The van der Waals surface area contributed by atoms with E-state index in [0.717, 1.165) is 30.8 Å². The molecule has 1 saturated heterocycles. The first-order chi connectivity index (χ1) is 11.1. The molecule has 0 saturated carbocycles. The molecule has 0 aliphatic carbocycles. The number of hydrogen-bond acceptors (Lipinski definition) is 3. The number of rotatable bonds is 3. The van der Waals surface area contributed by atoms with Crippen molar-refractivity contribution in [3.05, 3.63) is 59.4 Å². The Morgan fingerprint density at radius 2 is 2.00 bits per heavy atom. The fourth-order valence-corrected chi connectivity index (χ4v) is 3.18. The Morgan fingerprint density at radius 3 is 2.74 bits per heavy atom. The summed E-state index contributed by atoms with van der Waals surface area (Å²) in [6.07, 6.45) is 2.04. The van der Waals surface area contributed by atoms with E-state index in [-0.39, 0.29) is 11.9 Å². The van der Waals surface area contributed by atoms with Crippen molar-refractivity contribution in [2.24, 2.45) is 0 Å². The number of likely N-dealkylation sites (tertiary alicyclic amines) is 1. The monoisotopic (exact) mass is 309 g/mol. The van der Waals surface area contributed by atoms with Crippen LogP contribution in [0.25, 0.3) is 0 Å². The maximum absolute atomic E-state index is 12.9. The van der Waals surface area contributed by atoms with Gasteiger partial charge in [-0.15, -0.1) is 0 Å². The maximum Gasteiger partial charge on any atom is 0.272 e. The van der Waals surface area contributed by atoms with Crippen molar-refractivity contribution in [1.82, 2.24) is 9.88 Å². The van der Waals surface area contributed by atoms with Crippen LogP contribution in [0.5, 0.6) is 0 Å². The van der Waals surface area contributed by atoms with Gasteiger partial charge < -0.3 is 9.80 Å². The molecular weight excluding hydrogens is 286 g/mol. The van der Waals surface area contributed by atoms with Gasteiger partial charge in [-0.05, 0) is 49.6 Å². The number of amides is 1. The van der Waals surface area contributed by atoms with Gasteiger partial charge in [-0.25, -0.2) is 4.98 Å². The van der Waals surface area contributed by atoms with Gasteiger partial charge in [0.05, 0.1) is 6.04 Å². The van der Waals surface area contributed by atoms with Gasteiger partial charge in [0.15, 0.2) is 0 Å². The van der Waals surface area contributed by atoms with Crippen molar-refractivity contribution in [3.8, 4) is 0 Å². The summed E-state index contributed by atoms with van der Waals surface area (Å²) in [6, 6.07) is 14.2. The first-order valence-corrected chi connectivity index (χ1v) is 8.08. The number of nitrogens with zero attached hydrogens (tertiary/aromatic N) is 3. The van der Waals surface area contributed by atoms with E-state index >= 15 is 0 Å². The number of pyridine rings is 1. The molecule has 1 fully saturated rings. The predicted octanol–water partition coefficient (Wildman–Crippen LogP) is 3.43. The minimum Gasteiger partial charge on any atom is -0.378 e. The van der Waals surface area contributed by atoms with Gasteiger partial charge in [-0.1, -0.05) is 18.2 Å². The largest absolute Gasteiger partial charge is 0.378 e. The van der Waals surface area contributed by atoms with E-state index in [1.54, 1.807) is 6.07 Å². The maximum atomic E-state index is 12.9. The fourth-order valence-electron chi connectivity index (χ4n) is 3.18. The molecule has 1 aromatic carbocycles. The molecule has 0 spiro atoms. The van der Waals surface area contributed by atoms with Gasteiger partial charge in [0.25, 0.3) is 5.91 Å². The fraction of sp³-hybridized carbons (Fsp3) is 0.368. The molecule has 2 heterocycles. The Kier molecular flexibility index (Phi) is 4.33. The van der Waals surface area contributed by atoms with Crippen LogP contribution in [0.15, 0.2) is 42.5 Å². The molecule has 3 rings (SSSR count). The highest BCUT2D eigenvalue weighted by molar-refractivity contribution is 5.92. The highest BCUT2D eigenvalue weighted by atomic mass is 16.2. The summed E-state index contributed by atoms with van der Waals surface area (Å²) >= 11 is 0. The Balaban J connectivity index is 1.88. The van der Waals surface area contributed by atoms with E-state index in [2.05, 4.69) is 34.1 Å². The van der Waals surface area contributed by atoms with Crippen molar-refractivity contribution in [2.75, 3.05) is 25.5 Å². The second kappa shape index (κ2) is 6.41. The third-order valence-corrected chi connectivity index (χ3v) is 4.39. The standard InChI is InChI=1S/C19H23N3O/c1-14-7-4-10-17(20-14)19(23)22-12-6-11-18(22)15-8-5-9-16(13-15)21(2)3/h4-5,7-10,13,18H,6,11-12H2,1-3H3. The molecule has 1 aliphatic rings. The van der Waals surface area contributed by atoms with Crippen molar-refractivity contribution >= 4 is 11.6 Å². The number of hydrogen-bond donors (Lipinski definition) is 0. The van der Waals surface area contributed by atoms with Crippen LogP contribution in [0, 0.1) is 6.92 Å². The van der Waals surface area contributed by atoms with Crippen LogP contribution in [0.1, 0.15) is 40.6 Å². The molecule has 0 bridgehead atoms. The molecule has 4 nitrogen and oxygen atoms in total. The van der Waals surface area contributed by atoms with Crippen molar-refractivity contribution < 1.29 is 4.79 Å². The van der Waals surface area contributed by atoms with Crippen LogP contribution < -0.4 is 4.90 Å². The third-order valence-electron chi connectivity index (χ3n) is 4.39. The summed E-state index contributed by atoms with van der Waals surface area (Å²) in [4.78, 5) is 21.3. The average Bonchev–Trinajstić information content (AvgIpc) is 3.04. The zero-order valence-corrected chi connectivity index (χ0v) is 14.0. The Hall–Kier alpha value is -2.36. The lowest BCUT2D eigenvalue weighted by molar-refractivity contribution is 0.0729. The third kappa shape index (κ3) is 3.21. The summed E-state index contributed by atoms with van der Waals surface area (Å²) in [5, 5.41) is 0. The number of carbonyl (C=O) groups is 1. The lowest BCUT2D eigenvalue weighted by Crippen LogP contribution is -2.31. The highest BCUT2D eigenvalue weighted by Gasteiger charge is 2.31. The summed E-state index contributed by atoms with van der Waals surface area (Å²) < 4.78 is 0. The molecule has 1 unspecified atom stereocenters. The molecule has 23 heavy (non-hydrogen) atoms. The lowest BCUT2D eigenvalue weighted by Gasteiger charge is -2.26. The SMILES string of the molecule is Cc1cccc(C(=O)N2CCCC2c2cccc(N(C)C)c2)n1. The van der Waals surface area contributed by atoms with Gasteiger partial charge in [0, 0.05) is 32.0 Å². The summed E-state index contributed by atoms with van der Waals surface area (Å²) in [5.41, 5.74) is 3.78. The molecule has 1 aromatic heterocycles. The van der Waals surface area contributed by atoms with E-state index in [1.165, 1.54) is 5.56 Å². The molecule has 0 radical (unpaired) electrons. The highest BCUT2D eigenvalue weighted by Crippen LogP contribution is 2.34. The number of carbonyl (C=O) groups excluding carboxylic acids is 1. The number of aromatic nitrogens is 1. The zero-order valence-electron chi connectivity index (χ0n) is 14.0. The normalized spacial score (nSPS) is 17.3. The summed E-state index contributed by atoms with van der Waals surface area (Å²) in [5.74, 6) is 0.0338. The Morgan fingerprint density at radius 1 is 1.22 bits per heavy atom. The van der Waals surface area contributed by atoms with Crippen molar-refractivity contribution in [3.63, 3.8) is 0 Å². The van der Waals surface area contributed by atoms with Crippen LogP contribution in [-0.4, -0.2) is 36.4 Å². The summed E-state index contributed by atoms with van der Waals surface area (Å²) in [6.45, 7) is 2.71. The van der Waals surface area contributed by atoms with E-state index < -0.39 is 0 Å². The molecule has 120 valence electrons. The molecule has 1 aliphatic heterocycles. The number of aryl methyl sites for hydroxylation is 1. The minimum absolute atomic E-state index is 0.0338. The topological polar surface area (TPSA) is 36.4 Å². The lowest BCUT2D eigenvalue weighted by atomic mass is 10.0. The van der Waals surface area contributed by atoms with Crippen LogP contribution in [0.4, 0.5) is 5.69 Å². The molecular formula is C19H23N3O. The smallest absolute Gasteiger partial charge is 0.272 e. The Bertz CT molecular complexity index is 711. The van der Waals surface area contributed by atoms with Gasteiger partial charge in [0.1, 0.15) is 5.69 Å². The number of anilines is 1. The molecule has 1 atom stereocenters. The van der Waals surface area contributed by atoms with Crippen LogP contribution >= 0.6 is 0 Å². The molecule has 4 heteroatoms. The summed E-state index contributed by atoms with van der Waals surface area (Å²) in [7, 11) is 4.07. The quantitative estimate of drug-likeness (QED) is 0.871. The predicted molar refractivity (Wildman–Crippen MR) is 92.8 cm³/mol. The molecule has 2 aromatic rings. The first-order valence-electron chi connectivity index (χ1n) is 8.08. The number of benzene rings is 1. The van der Waals surface area contributed by atoms with E-state index in [4.69, 9.17) is 0 Å². The van der Waals surface area contributed by atoms with Crippen molar-refractivity contribution in [2.45, 2.75) is 25.8 Å². The van der Waals surface area contributed by atoms with Gasteiger partial charge >= 0.3 is 0 Å². The second-order valence-corrected chi connectivity index (χ2v) is 6.31. The average molecular weight is 309 g/mol. The van der Waals surface area contributed by atoms with Gasteiger partial charge in [-0.2, -0.15) is 0 Å². The zero-order chi connectivity index (χ0) is 16.4. The van der Waals surface area contributed by atoms with E-state index in [9.17, 15) is 4.79 Å². The van der Waals surface area contributed by atoms with Crippen LogP contribution in [-0.2, 0) is 0 Å². The molecule has 0 N–H and O–H groups in total. The second-order valence-electron chi connectivity index (χ2n) is 6.31. The Labute approximate surface area is 137 Å². The van der Waals surface area contributed by atoms with Gasteiger partial charge in [0.2, 0.25) is 0 Å². The minimum atomic E-state index is 0.0338. The van der Waals surface area contributed by atoms with E-state index in [0.29, 0.717) is 5.69 Å².